The number of hydrogen-bond donors (Lipinski definition) is 2. The van der Waals surface area contributed by atoms with Crippen LogP contribution in [0.15, 0.2) is 48.7 Å². The first-order valence-corrected chi connectivity index (χ1v) is 7.59. The van der Waals surface area contributed by atoms with Crippen molar-refractivity contribution in [3.05, 3.63) is 59.8 Å². The fourth-order valence-electron chi connectivity index (χ4n) is 2.19. The van der Waals surface area contributed by atoms with Gasteiger partial charge in [-0.15, -0.1) is 5.10 Å². The summed E-state index contributed by atoms with van der Waals surface area (Å²) in [5, 5.41) is 14.4. The van der Waals surface area contributed by atoms with E-state index in [1.54, 1.807) is 13.3 Å². The summed E-state index contributed by atoms with van der Waals surface area (Å²) in [5.74, 6) is 1.85. The molecule has 2 aromatic carbocycles. The zero-order valence-corrected chi connectivity index (χ0v) is 13.9. The molecule has 1 heterocycles. The zero-order chi connectivity index (χ0) is 16.9. The van der Waals surface area contributed by atoms with E-state index in [4.69, 9.17) is 4.74 Å². The molecule has 0 bridgehead atoms. The Balaban J connectivity index is 1.74. The first-order valence-electron chi connectivity index (χ1n) is 7.59. The molecule has 0 radical (unpaired) electrons. The van der Waals surface area contributed by atoms with Gasteiger partial charge >= 0.3 is 0 Å². The van der Waals surface area contributed by atoms with Gasteiger partial charge in [-0.1, -0.05) is 6.07 Å². The predicted octanol–water partition coefficient (Wildman–Crippen LogP) is 3.98. The summed E-state index contributed by atoms with van der Waals surface area (Å²) < 4.78 is 5.14. The zero-order valence-electron chi connectivity index (χ0n) is 13.9. The van der Waals surface area contributed by atoms with Crippen LogP contribution in [0.2, 0.25) is 0 Å². The average Bonchev–Trinajstić information content (AvgIpc) is 2.59. The number of nitrogens with zero attached hydrogens (tertiary/aromatic N) is 3. The lowest BCUT2D eigenvalue weighted by Gasteiger charge is -2.09. The summed E-state index contributed by atoms with van der Waals surface area (Å²) in [6.45, 7) is 4.16. The second-order valence-electron chi connectivity index (χ2n) is 5.44. The van der Waals surface area contributed by atoms with Crippen LogP contribution in [0.5, 0.6) is 5.75 Å². The van der Waals surface area contributed by atoms with Crippen molar-refractivity contribution in [1.29, 1.82) is 0 Å². The lowest BCUT2D eigenvalue weighted by Crippen LogP contribution is -2.02. The molecule has 0 aliphatic carbocycles. The summed E-state index contributed by atoms with van der Waals surface area (Å²) in [6.07, 6.45) is 1.59. The highest BCUT2D eigenvalue weighted by molar-refractivity contribution is 5.60. The number of nitrogens with one attached hydrogen (secondary N) is 2. The SMILES string of the molecule is COc1ccc(Nc2nncc(Nc3ccc(C)c(C)c3)n2)cc1. The highest BCUT2D eigenvalue weighted by Gasteiger charge is 2.03. The first kappa shape index (κ1) is 15.7. The Morgan fingerprint density at radius 3 is 2.33 bits per heavy atom. The molecule has 0 fully saturated rings. The molecule has 0 unspecified atom stereocenters. The Kier molecular flexibility index (Phi) is 4.56. The van der Waals surface area contributed by atoms with Gasteiger partial charge in [-0.05, 0) is 61.4 Å². The lowest BCUT2D eigenvalue weighted by atomic mass is 10.1. The molecule has 0 saturated heterocycles. The van der Waals surface area contributed by atoms with Crippen LogP contribution in [0.4, 0.5) is 23.1 Å². The molecular formula is C18H19N5O. The van der Waals surface area contributed by atoms with Crippen LogP contribution in [0, 0.1) is 13.8 Å². The molecule has 6 heteroatoms. The van der Waals surface area contributed by atoms with Crippen LogP contribution in [0.3, 0.4) is 0 Å². The Morgan fingerprint density at radius 2 is 1.62 bits per heavy atom. The minimum Gasteiger partial charge on any atom is -0.497 e. The number of methoxy groups -OCH3 is 1. The number of ether oxygens (including phenoxy) is 1. The Hall–Kier alpha value is -3.15. The number of aromatic nitrogens is 3. The van der Waals surface area contributed by atoms with Gasteiger partial charge in [-0.3, -0.25) is 0 Å². The van der Waals surface area contributed by atoms with Crippen LogP contribution < -0.4 is 15.4 Å². The molecular weight excluding hydrogens is 302 g/mol. The van der Waals surface area contributed by atoms with Gasteiger partial charge in [0, 0.05) is 11.4 Å². The van der Waals surface area contributed by atoms with Crippen LogP contribution in [0.1, 0.15) is 11.1 Å². The Labute approximate surface area is 140 Å². The van der Waals surface area contributed by atoms with E-state index in [0.29, 0.717) is 11.8 Å². The van der Waals surface area contributed by atoms with Gasteiger partial charge in [-0.2, -0.15) is 10.1 Å². The molecule has 6 nitrogen and oxygen atoms in total. The van der Waals surface area contributed by atoms with E-state index in [0.717, 1.165) is 17.1 Å². The third-order valence-corrected chi connectivity index (χ3v) is 3.68. The van der Waals surface area contributed by atoms with E-state index in [2.05, 4.69) is 51.8 Å². The molecule has 0 atom stereocenters. The number of aryl methyl sites for hydroxylation is 2. The minimum atomic E-state index is 0.425. The molecule has 3 rings (SSSR count). The van der Waals surface area contributed by atoms with Gasteiger partial charge in [0.05, 0.1) is 13.3 Å². The smallest absolute Gasteiger partial charge is 0.249 e. The number of hydrogen-bond acceptors (Lipinski definition) is 6. The molecule has 3 aromatic rings. The van der Waals surface area contributed by atoms with Crippen molar-refractivity contribution in [2.24, 2.45) is 0 Å². The van der Waals surface area contributed by atoms with E-state index in [9.17, 15) is 0 Å². The van der Waals surface area contributed by atoms with Crippen LogP contribution >= 0.6 is 0 Å². The van der Waals surface area contributed by atoms with Gasteiger partial charge < -0.3 is 15.4 Å². The van der Waals surface area contributed by atoms with Gasteiger partial charge in [0.25, 0.3) is 0 Å². The second kappa shape index (κ2) is 6.95. The maximum atomic E-state index is 5.14. The van der Waals surface area contributed by atoms with Gasteiger partial charge in [0.1, 0.15) is 5.75 Å². The van der Waals surface area contributed by atoms with Crippen molar-refractivity contribution in [2.75, 3.05) is 17.7 Å². The molecule has 0 spiro atoms. The van der Waals surface area contributed by atoms with E-state index < -0.39 is 0 Å². The molecule has 0 saturated carbocycles. The largest absolute Gasteiger partial charge is 0.497 e. The monoisotopic (exact) mass is 321 g/mol. The number of anilines is 4. The quantitative estimate of drug-likeness (QED) is 0.740. The van der Waals surface area contributed by atoms with Crippen LogP contribution in [0.25, 0.3) is 0 Å². The minimum absolute atomic E-state index is 0.425. The van der Waals surface area contributed by atoms with E-state index >= 15 is 0 Å². The molecule has 1 aromatic heterocycles. The Bertz CT molecular complexity index is 833. The maximum Gasteiger partial charge on any atom is 0.249 e. The summed E-state index contributed by atoms with van der Waals surface area (Å²) >= 11 is 0. The molecule has 122 valence electrons. The third kappa shape index (κ3) is 3.78. The normalized spacial score (nSPS) is 10.3. The Morgan fingerprint density at radius 1 is 0.875 bits per heavy atom. The topological polar surface area (TPSA) is 72.0 Å². The third-order valence-electron chi connectivity index (χ3n) is 3.68. The highest BCUT2D eigenvalue weighted by atomic mass is 16.5. The van der Waals surface area contributed by atoms with Gasteiger partial charge in [-0.25, -0.2) is 0 Å². The highest BCUT2D eigenvalue weighted by Crippen LogP contribution is 2.20. The van der Waals surface area contributed by atoms with Gasteiger partial charge in [0.15, 0.2) is 5.82 Å². The van der Waals surface area contributed by atoms with Crippen molar-refractivity contribution in [3.8, 4) is 5.75 Å². The fourth-order valence-corrected chi connectivity index (χ4v) is 2.19. The summed E-state index contributed by atoms with van der Waals surface area (Å²) in [4.78, 5) is 4.43. The summed E-state index contributed by atoms with van der Waals surface area (Å²) in [6, 6.07) is 13.7. The van der Waals surface area contributed by atoms with Crippen molar-refractivity contribution in [2.45, 2.75) is 13.8 Å². The van der Waals surface area contributed by atoms with E-state index in [1.807, 2.05) is 30.3 Å². The van der Waals surface area contributed by atoms with Crippen molar-refractivity contribution < 1.29 is 4.74 Å². The maximum absolute atomic E-state index is 5.14. The summed E-state index contributed by atoms with van der Waals surface area (Å²) in [5.41, 5.74) is 4.30. The first-order chi connectivity index (χ1) is 11.6. The lowest BCUT2D eigenvalue weighted by molar-refractivity contribution is 0.415. The van der Waals surface area contributed by atoms with Crippen molar-refractivity contribution >= 4 is 23.1 Å². The number of rotatable bonds is 5. The van der Waals surface area contributed by atoms with E-state index in [-0.39, 0.29) is 0 Å². The van der Waals surface area contributed by atoms with Crippen molar-refractivity contribution in [1.82, 2.24) is 15.2 Å². The summed E-state index contributed by atoms with van der Waals surface area (Å²) in [7, 11) is 1.64. The fraction of sp³-hybridized carbons (Fsp3) is 0.167. The average molecular weight is 321 g/mol. The second-order valence-corrected chi connectivity index (χ2v) is 5.44. The van der Waals surface area contributed by atoms with Crippen molar-refractivity contribution in [3.63, 3.8) is 0 Å². The van der Waals surface area contributed by atoms with Crippen LogP contribution in [-0.2, 0) is 0 Å². The van der Waals surface area contributed by atoms with Crippen LogP contribution in [-0.4, -0.2) is 22.3 Å². The van der Waals surface area contributed by atoms with Gasteiger partial charge in [0.2, 0.25) is 5.95 Å². The number of benzene rings is 2. The predicted molar refractivity (Wildman–Crippen MR) is 95.3 cm³/mol. The molecule has 0 aliphatic rings. The molecule has 0 aliphatic heterocycles. The molecule has 24 heavy (non-hydrogen) atoms. The standard InChI is InChI=1S/C18H19N5O/c1-12-4-5-15(10-13(12)2)20-17-11-19-23-18(22-17)21-14-6-8-16(24-3)9-7-14/h4-11H,1-3H3,(H2,20,21,22,23). The molecule has 2 N–H and O–H groups in total. The van der Waals surface area contributed by atoms with E-state index in [1.165, 1.54) is 11.1 Å². The molecule has 0 amide bonds.